The number of hydrogen-bond acceptors (Lipinski definition) is 0. The average molecular weight is 518 g/mol. The van der Waals surface area contributed by atoms with Gasteiger partial charge in [0.25, 0.3) is 0 Å². The van der Waals surface area contributed by atoms with Crippen LogP contribution in [0.4, 0.5) is 0 Å². The first-order valence-electron chi connectivity index (χ1n) is 3.50. The van der Waals surface area contributed by atoms with E-state index in [0.717, 1.165) is 0 Å². The molecule has 0 unspecified atom stereocenters. The van der Waals surface area contributed by atoms with E-state index in [0.29, 0.717) is 0 Å². The first-order chi connectivity index (χ1) is 4.12. The van der Waals surface area contributed by atoms with Gasteiger partial charge in [-0.2, -0.15) is 0 Å². The molecule has 0 atom stereocenters. The zero-order chi connectivity index (χ0) is 7.33. The third-order valence-corrected chi connectivity index (χ3v) is 27.7. The van der Waals surface area contributed by atoms with Crippen LogP contribution in [0.15, 0.2) is 0 Å². The minimum atomic E-state index is -1.55. The van der Waals surface area contributed by atoms with Gasteiger partial charge in [0.1, 0.15) is 0 Å². The van der Waals surface area contributed by atoms with E-state index in [2.05, 4.69) is 50.1 Å². The van der Waals surface area contributed by atoms with E-state index in [9.17, 15) is 0 Å². The van der Waals surface area contributed by atoms with Crippen molar-refractivity contribution >= 4 is 36.3 Å². The van der Waals surface area contributed by atoms with Crippen molar-refractivity contribution in [1.29, 1.82) is 0 Å². The monoisotopic (exact) mass is 520 g/mol. The van der Waals surface area contributed by atoms with E-state index in [1.807, 2.05) is 0 Å². The zero-order valence-corrected chi connectivity index (χ0v) is 14.0. The van der Waals surface area contributed by atoms with Crippen molar-refractivity contribution < 1.29 is 11.7 Å². The summed E-state index contributed by atoms with van der Waals surface area (Å²) in [5, 5.41) is 0. The molecular formula is C6H14HfI2. The summed E-state index contributed by atoms with van der Waals surface area (Å²) in [5.41, 5.74) is 0. The number of halogens is 2. The molecule has 0 aromatic heterocycles. The van der Waals surface area contributed by atoms with Gasteiger partial charge in [-0.1, -0.05) is 0 Å². The van der Waals surface area contributed by atoms with Crippen molar-refractivity contribution in [3.8, 4) is 0 Å². The summed E-state index contributed by atoms with van der Waals surface area (Å²) in [5.74, 6) is 0. The molecule has 9 heavy (non-hydrogen) atoms. The summed E-state index contributed by atoms with van der Waals surface area (Å²) in [6, 6.07) is 0. The normalized spacial score (nSPS) is 12.0. The molecule has 0 aliphatic heterocycles. The van der Waals surface area contributed by atoms with Gasteiger partial charge in [-0.15, -0.1) is 0 Å². The van der Waals surface area contributed by atoms with E-state index >= 15 is 0 Å². The van der Waals surface area contributed by atoms with Crippen molar-refractivity contribution in [3.63, 3.8) is 0 Å². The molecule has 0 amide bonds. The maximum atomic E-state index is 2.78. The summed E-state index contributed by atoms with van der Waals surface area (Å²) in [6.45, 7) is 4.61. The molecule has 0 nitrogen and oxygen atoms in total. The Kier molecular flexibility index (Phi) is 7.45. The molecule has 0 N–H and O–H groups in total. The van der Waals surface area contributed by atoms with Gasteiger partial charge in [0, 0.05) is 0 Å². The van der Waals surface area contributed by atoms with Crippen LogP contribution in [0.2, 0.25) is 8.35 Å². The molecular weight excluding hydrogens is 504 g/mol. The maximum absolute atomic E-state index is 2.78. The molecule has 0 aliphatic rings. The fraction of sp³-hybridized carbons (Fsp3) is 1.00. The van der Waals surface area contributed by atoms with Crippen LogP contribution >= 0.6 is 36.3 Å². The van der Waals surface area contributed by atoms with Crippen molar-refractivity contribution in [3.05, 3.63) is 0 Å². The Balaban J connectivity index is 3.43. The minimum absolute atomic E-state index is 1.41. The molecule has 0 saturated heterocycles. The van der Waals surface area contributed by atoms with Crippen molar-refractivity contribution in [2.75, 3.05) is 0 Å². The molecule has 0 spiro atoms. The second-order valence-corrected chi connectivity index (χ2v) is 62.8. The molecule has 0 heterocycles. The van der Waals surface area contributed by atoms with Gasteiger partial charge in [-0.25, -0.2) is 0 Å². The summed E-state index contributed by atoms with van der Waals surface area (Å²) in [7, 11) is 0. The molecule has 0 aromatic rings. The Hall–Kier alpha value is 2.33. The summed E-state index contributed by atoms with van der Waals surface area (Å²) in [4.78, 5) is 0. The fourth-order valence-corrected chi connectivity index (χ4v) is 24.7. The first-order valence-corrected chi connectivity index (χ1v) is 29.0. The predicted octanol–water partition coefficient (Wildman–Crippen LogP) is 4.50. The third kappa shape index (κ3) is 6.72. The van der Waals surface area contributed by atoms with Crippen LogP contribution in [0.25, 0.3) is 0 Å². The Morgan fingerprint density at radius 1 is 1.00 bits per heavy atom. The molecule has 0 fully saturated rings. The SMILES string of the molecule is CC[CH2][Hf]([I])([I])[CH2]CC. The first kappa shape index (κ1) is 11.3. The van der Waals surface area contributed by atoms with E-state index in [1.54, 1.807) is 8.35 Å². The van der Waals surface area contributed by atoms with Gasteiger partial charge in [0.05, 0.1) is 0 Å². The van der Waals surface area contributed by atoms with Crippen LogP contribution in [-0.2, 0) is 11.7 Å². The summed E-state index contributed by atoms with van der Waals surface area (Å²) >= 11 is 4.02. The summed E-state index contributed by atoms with van der Waals surface area (Å²) in [6.07, 6.45) is 2.82. The van der Waals surface area contributed by atoms with Gasteiger partial charge in [0.15, 0.2) is 0 Å². The van der Waals surface area contributed by atoms with Crippen LogP contribution in [-0.4, -0.2) is 0 Å². The van der Waals surface area contributed by atoms with Crippen LogP contribution < -0.4 is 0 Å². The topological polar surface area (TPSA) is 0 Å². The molecule has 0 rings (SSSR count). The fourth-order valence-electron chi connectivity index (χ4n) is 0.857. The molecule has 56 valence electrons. The second kappa shape index (κ2) is 5.91. The van der Waals surface area contributed by atoms with Gasteiger partial charge >= 0.3 is 83.0 Å². The molecule has 0 bridgehead atoms. The standard InChI is InChI=1S/2C3H7.Hf.2HI/c2*1-3-2;;;/h2*1,3H2,2H3;;2*1H/q;;+2;;/p-2. The average Bonchev–Trinajstić information content (AvgIpc) is 1.64. The van der Waals surface area contributed by atoms with Gasteiger partial charge in [-0.3, -0.25) is 0 Å². The third-order valence-electron chi connectivity index (χ3n) is 1.23. The molecule has 0 aliphatic carbocycles. The van der Waals surface area contributed by atoms with E-state index in [1.165, 1.54) is 12.8 Å². The Labute approximate surface area is 81.4 Å². The molecule has 0 aromatic carbocycles. The molecule has 0 saturated carbocycles. The van der Waals surface area contributed by atoms with Gasteiger partial charge < -0.3 is 0 Å². The van der Waals surface area contributed by atoms with Crippen LogP contribution in [0, 0.1) is 0 Å². The van der Waals surface area contributed by atoms with Crippen molar-refractivity contribution in [2.45, 2.75) is 35.0 Å². The number of rotatable bonds is 4. The van der Waals surface area contributed by atoms with Crippen molar-refractivity contribution in [2.24, 2.45) is 0 Å². The zero-order valence-electron chi connectivity index (χ0n) is 6.08. The van der Waals surface area contributed by atoms with Crippen LogP contribution in [0.1, 0.15) is 26.7 Å². The Morgan fingerprint density at radius 2 is 1.33 bits per heavy atom. The van der Waals surface area contributed by atoms with E-state index < -0.39 is 11.7 Å². The van der Waals surface area contributed by atoms with Crippen molar-refractivity contribution in [1.82, 2.24) is 0 Å². The van der Waals surface area contributed by atoms with Gasteiger partial charge in [0.2, 0.25) is 0 Å². The molecule has 0 radical (unpaired) electrons. The molecule has 3 heteroatoms. The van der Waals surface area contributed by atoms with Gasteiger partial charge in [-0.05, 0) is 0 Å². The second-order valence-electron chi connectivity index (χ2n) is 2.36. The predicted molar refractivity (Wildman–Crippen MR) is 58.2 cm³/mol. The Bertz CT molecular complexity index is 65.5. The number of hydrogen-bond donors (Lipinski definition) is 0. The van der Waals surface area contributed by atoms with E-state index in [-0.39, 0.29) is 0 Å². The quantitative estimate of drug-likeness (QED) is 0.380. The Morgan fingerprint density at radius 3 is 1.56 bits per heavy atom. The van der Waals surface area contributed by atoms with Crippen LogP contribution in [0.5, 0.6) is 0 Å². The van der Waals surface area contributed by atoms with E-state index in [4.69, 9.17) is 0 Å². The van der Waals surface area contributed by atoms with Crippen LogP contribution in [0.3, 0.4) is 0 Å². The summed E-state index contributed by atoms with van der Waals surface area (Å²) < 4.78 is 3.14.